The zero-order valence-electron chi connectivity index (χ0n) is 14.2. The number of benzene rings is 2. The van der Waals surface area contributed by atoms with Crippen molar-refractivity contribution in [1.82, 2.24) is 9.97 Å². The monoisotopic (exact) mass is 378 g/mol. The quantitative estimate of drug-likeness (QED) is 0.294. The standard InChI is InChI=1S/C19H14N4O3S/c1-11-2-4-12(5-3-11)14-9-27-19-17(14)18(20-10-21-19)22-15-8-13(23(25)26)6-7-16(15)24/h2-10,24H,1H3,(H,20,21,22). The minimum Gasteiger partial charge on any atom is -0.506 e. The number of aromatic hydroxyl groups is 1. The number of nitro groups is 1. The molecule has 4 aromatic rings. The first-order valence-electron chi connectivity index (χ1n) is 8.06. The molecular weight excluding hydrogens is 364 g/mol. The van der Waals surface area contributed by atoms with E-state index in [0.717, 1.165) is 26.9 Å². The van der Waals surface area contributed by atoms with E-state index in [9.17, 15) is 15.2 Å². The van der Waals surface area contributed by atoms with E-state index in [1.54, 1.807) is 0 Å². The van der Waals surface area contributed by atoms with Crippen molar-refractivity contribution < 1.29 is 10.0 Å². The molecule has 8 heteroatoms. The normalized spacial score (nSPS) is 10.9. The molecule has 4 rings (SSSR count). The molecule has 0 aliphatic heterocycles. The highest BCUT2D eigenvalue weighted by Gasteiger charge is 2.16. The van der Waals surface area contributed by atoms with E-state index in [-0.39, 0.29) is 17.1 Å². The first-order chi connectivity index (χ1) is 13.0. The summed E-state index contributed by atoms with van der Waals surface area (Å²) >= 11 is 1.49. The lowest BCUT2D eigenvalue weighted by Gasteiger charge is -2.10. The second kappa shape index (κ2) is 6.65. The number of rotatable bonds is 4. The number of hydrogen-bond donors (Lipinski definition) is 2. The largest absolute Gasteiger partial charge is 0.506 e. The number of anilines is 2. The van der Waals surface area contributed by atoms with Gasteiger partial charge in [-0.2, -0.15) is 0 Å². The molecule has 0 spiro atoms. The van der Waals surface area contributed by atoms with E-state index in [0.29, 0.717) is 5.82 Å². The number of non-ortho nitro benzene ring substituents is 1. The molecule has 0 saturated carbocycles. The topological polar surface area (TPSA) is 101 Å². The Morgan fingerprint density at radius 2 is 1.93 bits per heavy atom. The Labute approximate surface area is 158 Å². The summed E-state index contributed by atoms with van der Waals surface area (Å²) in [5, 5.41) is 26.9. The van der Waals surface area contributed by atoms with E-state index in [1.807, 2.05) is 36.6 Å². The summed E-state index contributed by atoms with van der Waals surface area (Å²) in [4.78, 5) is 19.9. The van der Waals surface area contributed by atoms with Crippen LogP contribution in [-0.4, -0.2) is 20.0 Å². The fourth-order valence-electron chi connectivity index (χ4n) is 2.78. The summed E-state index contributed by atoms with van der Waals surface area (Å²) in [5.74, 6) is 0.382. The van der Waals surface area contributed by atoms with Crippen molar-refractivity contribution in [3.63, 3.8) is 0 Å². The van der Waals surface area contributed by atoms with Crippen molar-refractivity contribution in [1.29, 1.82) is 0 Å². The van der Waals surface area contributed by atoms with Crippen molar-refractivity contribution in [2.75, 3.05) is 5.32 Å². The number of nitro benzene ring substituents is 1. The summed E-state index contributed by atoms with van der Waals surface area (Å²) in [5.41, 5.74) is 3.24. The molecule has 27 heavy (non-hydrogen) atoms. The fourth-order valence-corrected chi connectivity index (χ4v) is 3.70. The van der Waals surface area contributed by atoms with Crippen LogP contribution in [0, 0.1) is 17.0 Å². The molecule has 2 heterocycles. The second-order valence-corrected chi connectivity index (χ2v) is 6.86. The first kappa shape index (κ1) is 16.9. The molecule has 0 saturated heterocycles. The van der Waals surface area contributed by atoms with E-state index in [2.05, 4.69) is 15.3 Å². The molecule has 0 aliphatic carbocycles. The number of aromatic nitrogens is 2. The lowest BCUT2D eigenvalue weighted by Crippen LogP contribution is -1.97. The van der Waals surface area contributed by atoms with Crippen molar-refractivity contribution in [3.8, 4) is 16.9 Å². The van der Waals surface area contributed by atoms with E-state index in [1.165, 1.54) is 35.9 Å². The van der Waals surface area contributed by atoms with Gasteiger partial charge in [-0.25, -0.2) is 9.97 Å². The third-order valence-electron chi connectivity index (χ3n) is 4.18. The number of nitrogens with zero attached hydrogens (tertiary/aromatic N) is 3. The minimum absolute atomic E-state index is 0.0977. The Balaban J connectivity index is 1.83. The van der Waals surface area contributed by atoms with Crippen LogP contribution >= 0.6 is 11.3 Å². The number of aryl methyl sites for hydroxylation is 1. The molecular formula is C19H14N4O3S. The molecule has 0 bridgehead atoms. The average Bonchev–Trinajstić information content (AvgIpc) is 3.09. The maximum Gasteiger partial charge on any atom is 0.271 e. The van der Waals surface area contributed by atoms with Crippen LogP contribution in [0.25, 0.3) is 21.3 Å². The van der Waals surface area contributed by atoms with Gasteiger partial charge < -0.3 is 10.4 Å². The summed E-state index contributed by atoms with van der Waals surface area (Å²) in [7, 11) is 0. The molecule has 134 valence electrons. The lowest BCUT2D eigenvalue weighted by molar-refractivity contribution is -0.384. The van der Waals surface area contributed by atoms with Gasteiger partial charge in [0.15, 0.2) is 0 Å². The molecule has 2 aromatic heterocycles. The number of phenolic OH excluding ortho intramolecular Hbond substituents is 1. The van der Waals surface area contributed by atoms with Gasteiger partial charge in [0.25, 0.3) is 5.69 Å². The number of phenols is 1. The highest BCUT2D eigenvalue weighted by molar-refractivity contribution is 7.17. The summed E-state index contributed by atoms with van der Waals surface area (Å²) in [6.45, 7) is 2.02. The van der Waals surface area contributed by atoms with Crippen LogP contribution in [0.5, 0.6) is 5.75 Å². The minimum atomic E-state index is -0.511. The molecule has 0 fully saturated rings. The smallest absolute Gasteiger partial charge is 0.271 e. The molecule has 0 radical (unpaired) electrons. The number of fused-ring (bicyclic) bond motifs is 1. The van der Waals surface area contributed by atoms with Crippen LogP contribution in [0.2, 0.25) is 0 Å². The number of nitrogens with one attached hydrogen (secondary N) is 1. The van der Waals surface area contributed by atoms with Gasteiger partial charge in [-0.3, -0.25) is 10.1 Å². The van der Waals surface area contributed by atoms with Gasteiger partial charge in [0.1, 0.15) is 22.7 Å². The van der Waals surface area contributed by atoms with Crippen LogP contribution in [-0.2, 0) is 0 Å². The van der Waals surface area contributed by atoms with Crippen LogP contribution in [0.3, 0.4) is 0 Å². The highest BCUT2D eigenvalue weighted by atomic mass is 32.1. The van der Waals surface area contributed by atoms with Gasteiger partial charge >= 0.3 is 0 Å². The molecule has 2 N–H and O–H groups in total. The van der Waals surface area contributed by atoms with Gasteiger partial charge in [0.05, 0.1) is 16.0 Å². The Hall–Kier alpha value is -3.52. The highest BCUT2D eigenvalue weighted by Crippen LogP contribution is 2.39. The third kappa shape index (κ3) is 3.18. The van der Waals surface area contributed by atoms with Crippen molar-refractivity contribution in [2.45, 2.75) is 6.92 Å². The summed E-state index contributed by atoms with van der Waals surface area (Å²) in [6, 6.07) is 11.9. The lowest BCUT2D eigenvalue weighted by atomic mass is 10.0. The van der Waals surface area contributed by atoms with Crippen molar-refractivity contribution in [2.24, 2.45) is 0 Å². The Bertz CT molecular complexity index is 1160. The van der Waals surface area contributed by atoms with Crippen LogP contribution in [0.4, 0.5) is 17.2 Å². The predicted molar refractivity (Wildman–Crippen MR) is 106 cm³/mol. The predicted octanol–water partition coefficient (Wildman–Crippen LogP) is 5.02. The maximum atomic E-state index is 11.0. The van der Waals surface area contributed by atoms with Gasteiger partial charge in [0, 0.05) is 23.1 Å². The average molecular weight is 378 g/mol. The Kier molecular flexibility index (Phi) is 4.17. The fraction of sp³-hybridized carbons (Fsp3) is 0.0526. The second-order valence-electron chi connectivity index (χ2n) is 6.00. The molecule has 0 atom stereocenters. The zero-order chi connectivity index (χ0) is 19.0. The van der Waals surface area contributed by atoms with Crippen molar-refractivity contribution in [3.05, 3.63) is 69.8 Å². The van der Waals surface area contributed by atoms with Gasteiger partial charge in [-0.15, -0.1) is 11.3 Å². The number of thiophene rings is 1. The molecule has 0 aliphatic rings. The van der Waals surface area contributed by atoms with Crippen molar-refractivity contribution >= 4 is 38.7 Å². The zero-order valence-corrected chi connectivity index (χ0v) is 15.0. The maximum absolute atomic E-state index is 11.0. The molecule has 2 aromatic carbocycles. The Morgan fingerprint density at radius 3 is 2.67 bits per heavy atom. The molecule has 7 nitrogen and oxygen atoms in total. The number of hydrogen-bond acceptors (Lipinski definition) is 7. The molecule has 0 amide bonds. The van der Waals surface area contributed by atoms with Crippen LogP contribution in [0.15, 0.2) is 54.2 Å². The third-order valence-corrected chi connectivity index (χ3v) is 5.06. The van der Waals surface area contributed by atoms with Gasteiger partial charge in [0.2, 0.25) is 0 Å². The summed E-state index contributed by atoms with van der Waals surface area (Å²) in [6.07, 6.45) is 1.43. The van der Waals surface area contributed by atoms with Crippen LogP contribution in [0.1, 0.15) is 5.56 Å². The Morgan fingerprint density at radius 1 is 1.15 bits per heavy atom. The van der Waals surface area contributed by atoms with Crippen LogP contribution < -0.4 is 5.32 Å². The van der Waals surface area contributed by atoms with Gasteiger partial charge in [-0.05, 0) is 18.6 Å². The van der Waals surface area contributed by atoms with E-state index in [4.69, 9.17) is 0 Å². The first-order valence-corrected chi connectivity index (χ1v) is 8.94. The molecule has 0 unspecified atom stereocenters. The summed E-state index contributed by atoms with van der Waals surface area (Å²) < 4.78 is 0. The van der Waals surface area contributed by atoms with E-state index >= 15 is 0 Å². The SMILES string of the molecule is Cc1ccc(-c2csc3ncnc(Nc4cc([N+](=O)[O-])ccc4O)c23)cc1. The van der Waals surface area contributed by atoms with E-state index < -0.39 is 4.92 Å². The van der Waals surface area contributed by atoms with Gasteiger partial charge in [-0.1, -0.05) is 29.8 Å².